The summed E-state index contributed by atoms with van der Waals surface area (Å²) in [5.74, 6) is -0.958. The molecule has 0 aromatic heterocycles. The van der Waals surface area contributed by atoms with E-state index in [1.165, 1.54) is 11.1 Å². The SMILES string of the molecule is CC(CCCC(=O)O)NC(=O)CC(C)(C)CNC(=O)OCC1c2ccccc2-c2ccccc21. The van der Waals surface area contributed by atoms with Gasteiger partial charge in [0.2, 0.25) is 5.91 Å². The molecule has 34 heavy (non-hydrogen) atoms. The number of nitrogens with one attached hydrogen (secondary N) is 2. The number of carboxylic acid groups (broad SMARTS) is 1. The third-order valence-electron chi connectivity index (χ3n) is 6.13. The monoisotopic (exact) mass is 466 g/mol. The number of alkyl carbamates (subject to hydrolysis) is 1. The Morgan fingerprint density at radius 2 is 1.62 bits per heavy atom. The van der Waals surface area contributed by atoms with Crippen LogP contribution < -0.4 is 10.6 Å². The first-order chi connectivity index (χ1) is 16.2. The highest BCUT2D eigenvalue weighted by Crippen LogP contribution is 2.44. The van der Waals surface area contributed by atoms with Gasteiger partial charge in [0.1, 0.15) is 6.61 Å². The van der Waals surface area contributed by atoms with E-state index in [1.54, 1.807) is 0 Å². The summed E-state index contributed by atoms with van der Waals surface area (Å²) in [7, 11) is 0. The van der Waals surface area contributed by atoms with Crippen LogP contribution in [0, 0.1) is 5.41 Å². The van der Waals surface area contributed by atoms with E-state index < -0.39 is 17.5 Å². The quantitative estimate of drug-likeness (QED) is 0.445. The smallest absolute Gasteiger partial charge is 0.407 e. The van der Waals surface area contributed by atoms with E-state index in [0.717, 1.165) is 11.1 Å². The third kappa shape index (κ3) is 6.83. The molecule has 7 nitrogen and oxygen atoms in total. The molecular weight excluding hydrogens is 432 g/mol. The Labute approximate surface area is 200 Å². The second-order valence-electron chi connectivity index (χ2n) is 9.77. The number of carbonyl (C=O) groups excluding carboxylic acids is 2. The van der Waals surface area contributed by atoms with Crippen LogP contribution in [0.25, 0.3) is 11.1 Å². The first-order valence-corrected chi connectivity index (χ1v) is 11.8. The fourth-order valence-electron chi connectivity index (χ4n) is 4.42. The van der Waals surface area contributed by atoms with Gasteiger partial charge in [-0.3, -0.25) is 9.59 Å². The van der Waals surface area contributed by atoms with Crippen molar-refractivity contribution in [2.45, 2.75) is 58.4 Å². The van der Waals surface area contributed by atoms with Crippen molar-refractivity contribution in [1.29, 1.82) is 0 Å². The van der Waals surface area contributed by atoms with Crippen LogP contribution in [0.4, 0.5) is 4.79 Å². The van der Waals surface area contributed by atoms with Crippen molar-refractivity contribution >= 4 is 18.0 Å². The van der Waals surface area contributed by atoms with Crippen molar-refractivity contribution in [2.24, 2.45) is 5.41 Å². The summed E-state index contributed by atoms with van der Waals surface area (Å²) < 4.78 is 5.57. The molecule has 182 valence electrons. The summed E-state index contributed by atoms with van der Waals surface area (Å²) in [6, 6.07) is 16.3. The molecule has 0 heterocycles. The highest BCUT2D eigenvalue weighted by molar-refractivity contribution is 5.79. The Hall–Kier alpha value is -3.35. The van der Waals surface area contributed by atoms with Gasteiger partial charge in [0, 0.05) is 31.3 Å². The van der Waals surface area contributed by atoms with Gasteiger partial charge in [0.25, 0.3) is 0 Å². The second-order valence-corrected chi connectivity index (χ2v) is 9.77. The van der Waals surface area contributed by atoms with Gasteiger partial charge < -0.3 is 20.5 Å². The number of rotatable bonds is 11. The number of carboxylic acids is 1. The van der Waals surface area contributed by atoms with Gasteiger partial charge in [-0.1, -0.05) is 62.4 Å². The third-order valence-corrected chi connectivity index (χ3v) is 6.13. The molecule has 0 bridgehead atoms. The topological polar surface area (TPSA) is 105 Å². The molecule has 1 aliphatic carbocycles. The zero-order valence-electron chi connectivity index (χ0n) is 20.1. The molecule has 0 aliphatic heterocycles. The maximum atomic E-state index is 12.4. The molecule has 1 unspecified atom stereocenters. The molecule has 0 saturated carbocycles. The number of hydrogen-bond donors (Lipinski definition) is 3. The summed E-state index contributed by atoms with van der Waals surface area (Å²) in [5.41, 5.74) is 4.21. The van der Waals surface area contributed by atoms with Crippen LogP contribution in [0.3, 0.4) is 0 Å². The van der Waals surface area contributed by atoms with E-state index >= 15 is 0 Å². The van der Waals surface area contributed by atoms with Gasteiger partial charge in [-0.2, -0.15) is 0 Å². The molecule has 3 rings (SSSR count). The van der Waals surface area contributed by atoms with Crippen molar-refractivity contribution in [3.8, 4) is 11.1 Å². The van der Waals surface area contributed by atoms with Crippen molar-refractivity contribution in [1.82, 2.24) is 10.6 Å². The maximum absolute atomic E-state index is 12.4. The number of carbonyl (C=O) groups is 3. The number of aliphatic carboxylic acids is 1. The lowest BCUT2D eigenvalue weighted by Crippen LogP contribution is -2.40. The molecule has 2 amide bonds. The molecule has 1 aliphatic rings. The Morgan fingerprint density at radius 1 is 1.03 bits per heavy atom. The predicted molar refractivity (Wildman–Crippen MR) is 131 cm³/mol. The van der Waals surface area contributed by atoms with Crippen LogP contribution in [-0.2, 0) is 14.3 Å². The largest absolute Gasteiger partial charge is 0.481 e. The Kier molecular flexibility index (Phi) is 8.31. The number of fused-ring (bicyclic) bond motifs is 3. The number of hydrogen-bond acceptors (Lipinski definition) is 4. The van der Waals surface area contributed by atoms with E-state index in [0.29, 0.717) is 19.4 Å². The van der Waals surface area contributed by atoms with Gasteiger partial charge in [0.05, 0.1) is 0 Å². The minimum Gasteiger partial charge on any atom is -0.481 e. The normalized spacial score (nSPS) is 13.5. The van der Waals surface area contributed by atoms with Gasteiger partial charge in [0.15, 0.2) is 0 Å². The minimum atomic E-state index is -0.834. The summed E-state index contributed by atoms with van der Waals surface area (Å²) >= 11 is 0. The molecule has 7 heteroatoms. The second kappa shape index (κ2) is 11.2. The number of amides is 2. The van der Waals surface area contributed by atoms with Gasteiger partial charge in [-0.15, -0.1) is 0 Å². The fraction of sp³-hybridized carbons (Fsp3) is 0.444. The first-order valence-electron chi connectivity index (χ1n) is 11.8. The standard InChI is InChI=1S/C27H34N2O5/c1-18(9-8-14-25(31)32)29-24(30)15-27(2,3)17-28-26(33)34-16-23-21-12-6-4-10-19(21)20-11-5-7-13-22(20)23/h4-7,10-13,18,23H,8-9,14-17H2,1-3H3,(H,28,33)(H,29,30)(H,31,32). The predicted octanol–water partition coefficient (Wildman–Crippen LogP) is 4.70. The van der Waals surface area contributed by atoms with E-state index in [1.807, 2.05) is 45.0 Å². The molecule has 0 saturated heterocycles. The molecule has 2 aromatic rings. The summed E-state index contributed by atoms with van der Waals surface area (Å²) in [5, 5.41) is 14.4. The van der Waals surface area contributed by atoms with Crippen LogP contribution in [0.15, 0.2) is 48.5 Å². The lowest BCUT2D eigenvalue weighted by atomic mass is 9.88. The molecule has 3 N–H and O–H groups in total. The summed E-state index contributed by atoms with van der Waals surface area (Å²) in [6.07, 6.45) is 0.952. The average Bonchev–Trinajstić information content (AvgIpc) is 3.09. The van der Waals surface area contributed by atoms with E-state index in [-0.39, 0.29) is 37.3 Å². The van der Waals surface area contributed by atoms with E-state index in [2.05, 4.69) is 34.9 Å². The lowest BCUT2D eigenvalue weighted by molar-refractivity contribution is -0.137. The molecule has 0 radical (unpaired) electrons. The molecule has 2 aromatic carbocycles. The summed E-state index contributed by atoms with van der Waals surface area (Å²) in [6.45, 7) is 6.22. The first kappa shape index (κ1) is 25.3. The Balaban J connectivity index is 1.45. The zero-order valence-corrected chi connectivity index (χ0v) is 20.1. The van der Waals surface area contributed by atoms with Crippen molar-refractivity contribution in [3.05, 3.63) is 59.7 Å². The minimum absolute atomic E-state index is 0.000414. The van der Waals surface area contributed by atoms with Crippen LogP contribution in [-0.4, -0.2) is 42.3 Å². The van der Waals surface area contributed by atoms with E-state index in [9.17, 15) is 14.4 Å². The molecule has 0 spiro atoms. The van der Waals surface area contributed by atoms with Crippen molar-refractivity contribution in [3.63, 3.8) is 0 Å². The average molecular weight is 467 g/mol. The zero-order chi connectivity index (χ0) is 24.7. The van der Waals surface area contributed by atoms with Crippen LogP contribution in [0.5, 0.6) is 0 Å². The number of ether oxygens (including phenoxy) is 1. The van der Waals surface area contributed by atoms with Gasteiger partial charge in [-0.25, -0.2) is 4.79 Å². The van der Waals surface area contributed by atoms with Crippen molar-refractivity contribution in [2.75, 3.05) is 13.2 Å². The highest BCUT2D eigenvalue weighted by atomic mass is 16.5. The summed E-state index contributed by atoms with van der Waals surface area (Å²) in [4.78, 5) is 35.4. The number of benzene rings is 2. The fourth-order valence-corrected chi connectivity index (χ4v) is 4.42. The highest BCUT2D eigenvalue weighted by Gasteiger charge is 2.29. The molecule has 0 fully saturated rings. The lowest BCUT2D eigenvalue weighted by Gasteiger charge is -2.25. The van der Waals surface area contributed by atoms with Crippen LogP contribution >= 0.6 is 0 Å². The molecule has 1 atom stereocenters. The maximum Gasteiger partial charge on any atom is 0.407 e. The van der Waals surface area contributed by atoms with Crippen LogP contribution in [0.1, 0.15) is 63.5 Å². The molecular formula is C27H34N2O5. The van der Waals surface area contributed by atoms with E-state index in [4.69, 9.17) is 9.84 Å². The van der Waals surface area contributed by atoms with Gasteiger partial charge in [-0.05, 0) is 47.4 Å². The van der Waals surface area contributed by atoms with Crippen LogP contribution in [0.2, 0.25) is 0 Å². The Morgan fingerprint density at radius 3 is 2.21 bits per heavy atom. The van der Waals surface area contributed by atoms with Gasteiger partial charge >= 0.3 is 12.1 Å². The Bertz CT molecular complexity index is 988. The van der Waals surface area contributed by atoms with Crippen molar-refractivity contribution < 1.29 is 24.2 Å².